The van der Waals surface area contributed by atoms with Gasteiger partial charge in [0.15, 0.2) is 0 Å². The van der Waals surface area contributed by atoms with Gasteiger partial charge >= 0.3 is 0 Å². The van der Waals surface area contributed by atoms with Gasteiger partial charge in [0.1, 0.15) is 0 Å². The van der Waals surface area contributed by atoms with Crippen molar-refractivity contribution in [3.05, 3.63) is 35.5 Å². The summed E-state index contributed by atoms with van der Waals surface area (Å²) in [7, 11) is 0. The first kappa shape index (κ1) is 16.5. The molecule has 0 radical (unpaired) electrons. The Morgan fingerprint density at radius 1 is 1.27 bits per heavy atom. The summed E-state index contributed by atoms with van der Waals surface area (Å²) in [6.07, 6.45) is 4.87. The van der Waals surface area contributed by atoms with Crippen LogP contribution < -0.4 is 5.32 Å². The molecule has 1 aliphatic heterocycles. The monoisotopic (exact) mass is 389 g/mol. The number of imidazole rings is 1. The van der Waals surface area contributed by atoms with Crippen LogP contribution in [0.4, 0.5) is 5.13 Å². The molecule has 8 heteroatoms. The second kappa shape index (κ2) is 6.81. The number of anilines is 1. The fraction of sp³-hybridized carbons (Fsp3) is 0.444. The van der Waals surface area contributed by atoms with E-state index in [0.717, 1.165) is 58.7 Å². The van der Waals surface area contributed by atoms with E-state index in [1.807, 2.05) is 35.0 Å². The third-order valence-electron chi connectivity index (χ3n) is 4.90. The highest BCUT2D eigenvalue weighted by atomic mass is 35.5. The maximum atomic E-state index is 5.95. The van der Waals surface area contributed by atoms with E-state index < -0.39 is 0 Å². The van der Waals surface area contributed by atoms with Crippen molar-refractivity contribution >= 4 is 33.0 Å². The van der Waals surface area contributed by atoms with Gasteiger partial charge in [0.25, 0.3) is 0 Å². The van der Waals surface area contributed by atoms with Crippen LogP contribution in [0.2, 0.25) is 5.02 Å². The van der Waals surface area contributed by atoms with Crippen molar-refractivity contribution in [3.8, 4) is 11.3 Å². The summed E-state index contributed by atoms with van der Waals surface area (Å²) < 4.78 is 7.72. The average molecular weight is 390 g/mol. The van der Waals surface area contributed by atoms with E-state index in [1.165, 1.54) is 12.8 Å². The molecule has 2 aliphatic rings. The van der Waals surface area contributed by atoms with Crippen LogP contribution in [0, 0.1) is 0 Å². The molecule has 1 N–H and O–H groups in total. The molecule has 1 atom stereocenters. The lowest BCUT2D eigenvalue weighted by Gasteiger charge is -2.32. The summed E-state index contributed by atoms with van der Waals surface area (Å²) in [6.45, 7) is 3.69. The highest BCUT2D eigenvalue weighted by Crippen LogP contribution is 2.29. The van der Waals surface area contributed by atoms with Crippen LogP contribution in [0.1, 0.15) is 12.8 Å². The Hall–Kier alpha value is -1.67. The molecule has 2 aromatic heterocycles. The number of fused-ring (bicyclic) bond motifs is 1. The van der Waals surface area contributed by atoms with Crippen LogP contribution in [-0.2, 0) is 4.74 Å². The average Bonchev–Trinajstić information content (AvgIpc) is 3.33. The summed E-state index contributed by atoms with van der Waals surface area (Å²) in [4.78, 5) is 8.10. The molecule has 0 spiro atoms. The standard InChI is InChI=1S/C18H20ClN5OS/c19-13-3-1-12(2-4-13)16-11-24-18(21-16)26-17(22-24)20-9-15-10-23(7-8-25-15)14-5-6-14/h1-4,11,14-15H,5-10H2,(H,20,22). The third kappa shape index (κ3) is 3.44. The molecular weight excluding hydrogens is 370 g/mol. The predicted octanol–water partition coefficient (Wildman–Crippen LogP) is 3.39. The fourth-order valence-electron chi connectivity index (χ4n) is 3.37. The number of ether oxygens (including phenoxy) is 1. The lowest BCUT2D eigenvalue weighted by Crippen LogP contribution is -2.46. The van der Waals surface area contributed by atoms with E-state index in [0.29, 0.717) is 0 Å². The molecule has 6 nitrogen and oxygen atoms in total. The Kier molecular flexibility index (Phi) is 4.32. The molecule has 26 heavy (non-hydrogen) atoms. The van der Waals surface area contributed by atoms with Gasteiger partial charge in [0.05, 0.1) is 24.6 Å². The van der Waals surface area contributed by atoms with E-state index in [9.17, 15) is 0 Å². The van der Waals surface area contributed by atoms with Crippen molar-refractivity contribution in [1.29, 1.82) is 0 Å². The zero-order chi connectivity index (χ0) is 17.5. The number of rotatable bonds is 5. The summed E-state index contributed by atoms with van der Waals surface area (Å²) in [5.74, 6) is 0. The Bertz CT molecular complexity index is 873. The minimum Gasteiger partial charge on any atom is -0.374 e. The van der Waals surface area contributed by atoms with Crippen molar-refractivity contribution in [2.75, 3.05) is 31.6 Å². The van der Waals surface area contributed by atoms with Crippen LogP contribution in [-0.4, -0.2) is 57.9 Å². The summed E-state index contributed by atoms with van der Waals surface area (Å²) in [6, 6.07) is 8.50. The number of hydrogen-bond donors (Lipinski definition) is 1. The SMILES string of the molecule is Clc1ccc(-c2cn3nc(NCC4CN(C5CC5)CCO4)sc3n2)cc1. The third-order valence-corrected chi connectivity index (χ3v) is 6.03. The van der Waals surface area contributed by atoms with Gasteiger partial charge in [0.2, 0.25) is 10.1 Å². The normalized spacial score (nSPS) is 21.3. The maximum Gasteiger partial charge on any atom is 0.214 e. The van der Waals surface area contributed by atoms with Crippen LogP contribution >= 0.6 is 22.9 Å². The van der Waals surface area contributed by atoms with Crippen LogP contribution in [0.3, 0.4) is 0 Å². The zero-order valence-electron chi connectivity index (χ0n) is 14.3. The van der Waals surface area contributed by atoms with Gasteiger partial charge in [-0.05, 0) is 25.0 Å². The summed E-state index contributed by atoms with van der Waals surface area (Å²) in [5.41, 5.74) is 1.94. The molecule has 136 valence electrons. The lowest BCUT2D eigenvalue weighted by molar-refractivity contribution is -0.0241. The van der Waals surface area contributed by atoms with E-state index >= 15 is 0 Å². The number of halogens is 1. The first-order valence-electron chi connectivity index (χ1n) is 8.96. The van der Waals surface area contributed by atoms with Gasteiger partial charge < -0.3 is 10.1 Å². The molecule has 1 unspecified atom stereocenters. The van der Waals surface area contributed by atoms with Crippen LogP contribution in [0.25, 0.3) is 16.2 Å². The topological polar surface area (TPSA) is 54.7 Å². The summed E-state index contributed by atoms with van der Waals surface area (Å²) >= 11 is 7.51. The second-order valence-electron chi connectivity index (χ2n) is 6.87. The molecular formula is C18H20ClN5OS. The number of morpholine rings is 1. The zero-order valence-corrected chi connectivity index (χ0v) is 15.8. The first-order chi connectivity index (χ1) is 12.7. The van der Waals surface area contributed by atoms with E-state index in [-0.39, 0.29) is 6.10 Å². The van der Waals surface area contributed by atoms with Gasteiger partial charge in [0, 0.05) is 36.3 Å². The van der Waals surface area contributed by atoms with Crippen molar-refractivity contribution in [1.82, 2.24) is 19.5 Å². The Morgan fingerprint density at radius 2 is 2.12 bits per heavy atom. The maximum absolute atomic E-state index is 5.95. The highest BCUT2D eigenvalue weighted by Gasteiger charge is 2.32. The Labute approximate surface area is 160 Å². The van der Waals surface area contributed by atoms with Gasteiger partial charge in [-0.25, -0.2) is 9.50 Å². The number of aromatic nitrogens is 3. The first-order valence-corrected chi connectivity index (χ1v) is 10.2. The van der Waals surface area contributed by atoms with Crippen molar-refractivity contribution in [3.63, 3.8) is 0 Å². The molecule has 0 bridgehead atoms. The number of benzene rings is 1. The molecule has 1 aliphatic carbocycles. The second-order valence-corrected chi connectivity index (χ2v) is 8.26. The molecule has 1 saturated carbocycles. The number of nitrogens with one attached hydrogen (secondary N) is 1. The van der Waals surface area contributed by atoms with E-state index in [4.69, 9.17) is 16.3 Å². The van der Waals surface area contributed by atoms with Gasteiger partial charge in [-0.1, -0.05) is 35.1 Å². The highest BCUT2D eigenvalue weighted by molar-refractivity contribution is 7.20. The van der Waals surface area contributed by atoms with Crippen LogP contribution in [0.5, 0.6) is 0 Å². The minimum atomic E-state index is 0.227. The summed E-state index contributed by atoms with van der Waals surface area (Å²) in [5, 5.41) is 9.61. The quantitative estimate of drug-likeness (QED) is 0.724. The minimum absolute atomic E-state index is 0.227. The Balaban J connectivity index is 1.24. The molecule has 1 aromatic carbocycles. The smallest absolute Gasteiger partial charge is 0.214 e. The van der Waals surface area contributed by atoms with Crippen molar-refractivity contribution in [2.45, 2.75) is 25.0 Å². The van der Waals surface area contributed by atoms with Crippen molar-refractivity contribution in [2.24, 2.45) is 0 Å². The van der Waals surface area contributed by atoms with Gasteiger partial charge in [-0.2, -0.15) is 0 Å². The largest absolute Gasteiger partial charge is 0.374 e. The number of nitrogens with zero attached hydrogens (tertiary/aromatic N) is 4. The lowest BCUT2D eigenvalue weighted by atomic mass is 10.2. The van der Waals surface area contributed by atoms with Gasteiger partial charge in [-0.15, -0.1) is 5.10 Å². The molecule has 3 heterocycles. The number of hydrogen-bond acceptors (Lipinski definition) is 6. The van der Waals surface area contributed by atoms with Crippen molar-refractivity contribution < 1.29 is 4.74 Å². The molecule has 5 rings (SSSR count). The predicted molar refractivity (Wildman–Crippen MR) is 104 cm³/mol. The molecule has 0 amide bonds. The molecule has 2 fully saturated rings. The molecule has 3 aromatic rings. The van der Waals surface area contributed by atoms with E-state index in [1.54, 1.807) is 11.3 Å². The van der Waals surface area contributed by atoms with Gasteiger partial charge in [-0.3, -0.25) is 4.90 Å². The van der Waals surface area contributed by atoms with E-state index in [2.05, 4.69) is 20.3 Å². The Morgan fingerprint density at radius 3 is 2.88 bits per heavy atom. The van der Waals surface area contributed by atoms with Crippen LogP contribution in [0.15, 0.2) is 30.5 Å². The fourth-order valence-corrected chi connectivity index (χ4v) is 4.28. The molecule has 1 saturated heterocycles.